The molecule has 0 radical (unpaired) electrons. The number of hydrogen-bond acceptors (Lipinski definition) is 3. The fourth-order valence-electron chi connectivity index (χ4n) is 3.51. The van der Waals surface area contributed by atoms with Crippen LogP contribution in [0, 0.1) is 5.92 Å². The van der Waals surface area contributed by atoms with Crippen molar-refractivity contribution in [1.82, 2.24) is 15.1 Å². The molecule has 24 heavy (non-hydrogen) atoms. The van der Waals surface area contributed by atoms with Gasteiger partial charge in [-0.05, 0) is 31.4 Å². The van der Waals surface area contributed by atoms with Crippen LogP contribution in [0.15, 0.2) is 30.3 Å². The highest BCUT2D eigenvalue weighted by molar-refractivity contribution is 5.85. The SMILES string of the molecule is Cl.Cl.O=C(C1CCCNC1)N1CCCN(Cc2ccccc2)CC1. The molecule has 1 unspecified atom stereocenters. The van der Waals surface area contributed by atoms with E-state index in [1.54, 1.807) is 0 Å². The topological polar surface area (TPSA) is 35.6 Å². The average Bonchev–Trinajstić information content (AvgIpc) is 2.82. The Morgan fingerprint density at radius 2 is 1.83 bits per heavy atom. The predicted molar refractivity (Wildman–Crippen MR) is 103 cm³/mol. The van der Waals surface area contributed by atoms with E-state index in [2.05, 4.69) is 45.4 Å². The zero-order valence-corrected chi connectivity index (χ0v) is 15.8. The fraction of sp³-hybridized carbons (Fsp3) is 0.611. The van der Waals surface area contributed by atoms with Crippen molar-refractivity contribution in [2.75, 3.05) is 39.3 Å². The van der Waals surface area contributed by atoms with Crippen molar-refractivity contribution >= 4 is 30.7 Å². The van der Waals surface area contributed by atoms with Gasteiger partial charge < -0.3 is 10.2 Å². The molecule has 0 saturated carbocycles. The summed E-state index contributed by atoms with van der Waals surface area (Å²) in [6.45, 7) is 6.79. The summed E-state index contributed by atoms with van der Waals surface area (Å²) in [6, 6.07) is 10.6. The largest absolute Gasteiger partial charge is 0.341 e. The van der Waals surface area contributed by atoms with Crippen molar-refractivity contribution < 1.29 is 4.79 Å². The summed E-state index contributed by atoms with van der Waals surface area (Å²) in [5, 5.41) is 3.35. The van der Waals surface area contributed by atoms with E-state index in [1.807, 2.05) is 0 Å². The van der Waals surface area contributed by atoms with Crippen LogP contribution < -0.4 is 5.32 Å². The molecule has 1 N–H and O–H groups in total. The lowest BCUT2D eigenvalue weighted by molar-refractivity contribution is -0.135. The Balaban J connectivity index is 0.00000144. The van der Waals surface area contributed by atoms with Crippen LogP contribution in [0.2, 0.25) is 0 Å². The average molecular weight is 374 g/mol. The lowest BCUT2D eigenvalue weighted by Gasteiger charge is -2.29. The molecule has 0 aliphatic carbocycles. The van der Waals surface area contributed by atoms with Gasteiger partial charge in [0.05, 0.1) is 5.92 Å². The molecule has 2 saturated heterocycles. The van der Waals surface area contributed by atoms with Gasteiger partial charge in [0.25, 0.3) is 0 Å². The monoisotopic (exact) mass is 373 g/mol. The number of rotatable bonds is 3. The van der Waals surface area contributed by atoms with E-state index >= 15 is 0 Å². The smallest absolute Gasteiger partial charge is 0.227 e. The summed E-state index contributed by atoms with van der Waals surface area (Å²) >= 11 is 0. The van der Waals surface area contributed by atoms with Crippen LogP contribution >= 0.6 is 24.8 Å². The minimum Gasteiger partial charge on any atom is -0.341 e. The van der Waals surface area contributed by atoms with E-state index < -0.39 is 0 Å². The number of nitrogens with zero attached hydrogens (tertiary/aromatic N) is 2. The number of piperidine rings is 1. The summed E-state index contributed by atoms with van der Waals surface area (Å²) in [5.41, 5.74) is 1.36. The number of amides is 1. The summed E-state index contributed by atoms with van der Waals surface area (Å²) in [5.74, 6) is 0.572. The molecule has 1 aromatic rings. The zero-order valence-electron chi connectivity index (χ0n) is 14.2. The molecule has 2 fully saturated rings. The highest BCUT2D eigenvalue weighted by Crippen LogP contribution is 2.16. The van der Waals surface area contributed by atoms with E-state index in [0.717, 1.165) is 65.1 Å². The summed E-state index contributed by atoms with van der Waals surface area (Å²) in [4.78, 5) is 17.2. The lowest BCUT2D eigenvalue weighted by atomic mass is 9.98. The number of benzene rings is 1. The molecule has 0 spiro atoms. The standard InChI is InChI=1S/C18H27N3O.2ClH/c22-18(17-8-4-9-19-14-17)21-11-5-10-20(12-13-21)15-16-6-2-1-3-7-16;;/h1-3,6-7,17,19H,4-5,8-15H2;2*1H. The molecule has 2 aliphatic heterocycles. The van der Waals surface area contributed by atoms with E-state index in [1.165, 1.54) is 5.56 Å². The van der Waals surface area contributed by atoms with E-state index in [9.17, 15) is 4.79 Å². The molecule has 3 rings (SSSR count). The normalized spacial score (nSPS) is 22.0. The van der Waals surface area contributed by atoms with Gasteiger partial charge in [0.2, 0.25) is 5.91 Å². The van der Waals surface area contributed by atoms with Gasteiger partial charge in [-0.1, -0.05) is 30.3 Å². The predicted octanol–water partition coefficient (Wildman–Crippen LogP) is 2.56. The van der Waals surface area contributed by atoms with Crippen molar-refractivity contribution in [3.63, 3.8) is 0 Å². The van der Waals surface area contributed by atoms with Crippen molar-refractivity contribution in [2.24, 2.45) is 5.92 Å². The summed E-state index contributed by atoms with van der Waals surface area (Å²) in [6.07, 6.45) is 3.26. The molecule has 2 heterocycles. The number of halogens is 2. The lowest BCUT2D eigenvalue weighted by Crippen LogP contribution is -2.44. The summed E-state index contributed by atoms with van der Waals surface area (Å²) < 4.78 is 0. The first-order valence-corrected chi connectivity index (χ1v) is 8.59. The highest BCUT2D eigenvalue weighted by Gasteiger charge is 2.27. The number of carbonyl (C=O) groups excluding carboxylic acids is 1. The van der Waals surface area contributed by atoms with Crippen LogP contribution in [-0.4, -0.2) is 55.0 Å². The van der Waals surface area contributed by atoms with Gasteiger partial charge in [-0.25, -0.2) is 0 Å². The number of carbonyl (C=O) groups is 1. The second-order valence-electron chi connectivity index (χ2n) is 6.48. The van der Waals surface area contributed by atoms with Crippen molar-refractivity contribution in [3.05, 3.63) is 35.9 Å². The Kier molecular flexibility index (Phi) is 9.67. The Bertz CT molecular complexity index is 480. The maximum Gasteiger partial charge on any atom is 0.227 e. The minimum absolute atomic E-state index is 0. The van der Waals surface area contributed by atoms with Gasteiger partial charge in [-0.15, -0.1) is 24.8 Å². The van der Waals surface area contributed by atoms with Crippen LogP contribution in [0.4, 0.5) is 0 Å². The minimum atomic E-state index is 0. The number of hydrogen-bond donors (Lipinski definition) is 1. The first-order valence-electron chi connectivity index (χ1n) is 8.59. The molecule has 1 amide bonds. The van der Waals surface area contributed by atoms with Crippen LogP contribution in [0.25, 0.3) is 0 Å². The Morgan fingerprint density at radius 3 is 2.54 bits per heavy atom. The summed E-state index contributed by atoms with van der Waals surface area (Å²) in [7, 11) is 0. The van der Waals surface area contributed by atoms with Gasteiger partial charge in [-0.2, -0.15) is 0 Å². The number of nitrogens with one attached hydrogen (secondary N) is 1. The Labute approximate surface area is 157 Å². The molecular formula is C18H29Cl2N3O. The molecule has 2 aliphatic rings. The van der Waals surface area contributed by atoms with Gasteiger partial charge in [0.1, 0.15) is 0 Å². The Morgan fingerprint density at radius 1 is 1.04 bits per heavy atom. The fourth-order valence-corrected chi connectivity index (χ4v) is 3.51. The van der Waals surface area contributed by atoms with Crippen molar-refractivity contribution in [3.8, 4) is 0 Å². The van der Waals surface area contributed by atoms with Crippen molar-refractivity contribution in [2.45, 2.75) is 25.8 Å². The third-order valence-electron chi connectivity index (χ3n) is 4.80. The van der Waals surface area contributed by atoms with Crippen LogP contribution in [0.5, 0.6) is 0 Å². The molecular weight excluding hydrogens is 345 g/mol. The molecule has 4 nitrogen and oxygen atoms in total. The molecule has 0 aromatic heterocycles. The van der Waals surface area contributed by atoms with Crippen LogP contribution in [0.3, 0.4) is 0 Å². The van der Waals surface area contributed by atoms with Gasteiger partial charge >= 0.3 is 0 Å². The van der Waals surface area contributed by atoms with Crippen molar-refractivity contribution in [1.29, 1.82) is 0 Å². The molecule has 0 bridgehead atoms. The second kappa shape index (κ2) is 10.9. The zero-order chi connectivity index (χ0) is 15.2. The maximum atomic E-state index is 12.6. The van der Waals surface area contributed by atoms with Crippen LogP contribution in [-0.2, 0) is 11.3 Å². The highest BCUT2D eigenvalue weighted by atomic mass is 35.5. The quantitative estimate of drug-likeness (QED) is 0.884. The first-order chi connectivity index (χ1) is 10.8. The molecule has 6 heteroatoms. The molecule has 136 valence electrons. The third kappa shape index (κ3) is 5.92. The maximum absolute atomic E-state index is 12.6. The van der Waals surface area contributed by atoms with Gasteiger partial charge in [0, 0.05) is 39.3 Å². The van der Waals surface area contributed by atoms with E-state index in [0.29, 0.717) is 5.91 Å². The van der Waals surface area contributed by atoms with Gasteiger partial charge in [-0.3, -0.25) is 9.69 Å². The van der Waals surface area contributed by atoms with E-state index in [4.69, 9.17) is 0 Å². The third-order valence-corrected chi connectivity index (χ3v) is 4.80. The van der Waals surface area contributed by atoms with E-state index in [-0.39, 0.29) is 30.7 Å². The Hall–Kier alpha value is -0.810. The second-order valence-corrected chi connectivity index (χ2v) is 6.48. The first kappa shape index (κ1) is 21.2. The molecule has 1 aromatic carbocycles. The molecule has 1 atom stereocenters. The van der Waals surface area contributed by atoms with Crippen LogP contribution in [0.1, 0.15) is 24.8 Å². The van der Waals surface area contributed by atoms with Gasteiger partial charge in [0.15, 0.2) is 0 Å².